The Kier molecular flexibility index (Phi) is 5.60. The summed E-state index contributed by atoms with van der Waals surface area (Å²) in [6.07, 6.45) is 3.76. The SMILES string of the molecule is Cc1nc(NCCNC(=O)Nc2ccc(F)cc2F)cc(-n2cccc2)n1. The number of urea groups is 1. The van der Waals surface area contributed by atoms with Crippen LogP contribution in [0.3, 0.4) is 0 Å². The van der Waals surface area contributed by atoms with Gasteiger partial charge in [-0.3, -0.25) is 0 Å². The molecule has 0 atom stereocenters. The normalized spacial score (nSPS) is 10.5. The molecular weight excluding hydrogens is 354 g/mol. The van der Waals surface area contributed by atoms with Gasteiger partial charge in [-0.25, -0.2) is 23.5 Å². The Bertz CT molecular complexity index is 930. The predicted octanol–water partition coefficient (Wildman–Crippen LogP) is 3.09. The number of nitrogens with zero attached hydrogens (tertiary/aromatic N) is 3. The molecule has 2 aromatic heterocycles. The van der Waals surface area contributed by atoms with Crippen molar-refractivity contribution in [2.75, 3.05) is 23.7 Å². The fourth-order valence-corrected chi connectivity index (χ4v) is 2.39. The number of anilines is 2. The summed E-state index contributed by atoms with van der Waals surface area (Å²) in [7, 11) is 0. The lowest BCUT2D eigenvalue weighted by Gasteiger charge is -2.11. The molecule has 0 spiro atoms. The van der Waals surface area contributed by atoms with E-state index < -0.39 is 17.7 Å². The molecule has 0 saturated heterocycles. The molecule has 2 amide bonds. The third kappa shape index (κ3) is 5.00. The molecule has 140 valence electrons. The zero-order valence-electron chi connectivity index (χ0n) is 14.5. The Hall–Kier alpha value is -3.49. The van der Waals surface area contributed by atoms with Crippen LogP contribution in [0.2, 0.25) is 0 Å². The van der Waals surface area contributed by atoms with Crippen molar-refractivity contribution in [3.63, 3.8) is 0 Å². The molecule has 2 heterocycles. The molecule has 0 aliphatic heterocycles. The van der Waals surface area contributed by atoms with E-state index in [1.807, 2.05) is 29.1 Å². The van der Waals surface area contributed by atoms with E-state index in [0.717, 1.165) is 18.0 Å². The van der Waals surface area contributed by atoms with Gasteiger partial charge < -0.3 is 20.5 Å². The van der Waals surface area contributed by atoms with Gasteiger partial charge in [0.1, 0.15) is 29.1 Å². The van der Waals surface area contributed by atoms with Crippen molar-refractivity contribution in [2.24, 2.45) is 0 Å². The van der Waals surface area contributed by atoms with Crippen molar-refractivity contribution in [1.29, 1.82) is 0 Å². The number of aryl methyl sites for hydroxylation is 1. The smallest absolute Gasteiger partial charge is 0.319 e. The Morgan fingerprint density at radius 2 is 1.89 bits per heavy atom. The number of rotatable bonds is 6. The van der Waals surface area contributed by atoms with Crippen molar-refractivity contribution in [2.45, 2.75) is 6.92 Å². The second-order valence-corrected chi connectivity index (χ2v) is 5.68. The monoisotopic (exact) mass is 372 g/mol. The number of hydrogen-bond acceptors (Lipinski definition) is 4. The lowest BCUT2D eigenvalue weighted by Crippen LogP contribution is -2.33. The van der Waals surface area contributed by atoms with Crippen LogP contribution in [0, 0.1) is 18.6 Å². The van der Waals surface area contributed by atoms with E-state index in [1.165, 1.54) is 0 Å². The van der Waals surface area contributed by atoms with Gasteiger partial charge in [0, 0.05) is 37.6 Å². The molecule has 7 nitrogen and oxygen atoms in total. The molecule has 0 fully saturated rings. The summed E-state index contributed by atoms with van der Waals surface area (Å²) in [6, 6.07) is 7.94. The van der Waals surface area contributed by atoms with E-state index in [1.54, 1.807) is 13.0 Å². The average Bonchev–Trinajstić information content (AvgIpc) is 3.15. The minimum absolute atomic E-state index is 0.0929. The first-order chi connectivity index (χ1) is 13.0. The maximum Gasteiger partial charge on any atom is 0.319 e. The largest absolute Gasteiger partial charge is 0.368 e. The van der Waals surface area contributed by atoms with Gasteiger partial charge in [0.05, 0.1) is 5.69 Å². The maximum absolute atomic E-state index is 13.5. The van der Waals surface area contributed by atoms with Crippen molar-refractivity contribution < 1.29 is 13.6 Å². The van der Waals surface area contributed by atoms with Gasteiger partial charge in [-0.1, -0.05) is 0 Å². The molecule has 0 aliphatic carbocycles. The van der Waals surface area contributed by atoms with Crippen LogP contribution < -0.4 is 16.0 Å². The molecule has 0 saturated carbocycles. The first-order valence-corrected chi connectivity index (χ1v) is 8.24. The number of amides is 2. The number of carbonyl (C=O) groups excluding carboxylic acids is 1. The molecule has 3 N–H and O–H groups in total. The minimum Gasteiger partial charge on any atom is -0.368 e. The van der Waals surface area contributed by atoms with Gasteiger partial charge in [0.15, 0.2) is 0 Å². The molecule has 9 heteroatoms. The summed E-state index contributed by atoms with van der Waals surface area (Å²) in [5.74, 6) is 0.422. The molecule has 27 heavy (non-hydrogen) atoms. The van der Waals surface area contributed by atoms with Gasteiger partial charge in [0.25, 0.3) is 0 Å². The molecule has 3 aromatic rings. The highest BCUT2D eigenvalue weighted by Gasteiger charge is 2.08. The Morgan fingerprint density at radius 1 is 1.11 bits per heavy atom. The second-order valence-electron chi connectivity index (χ2n) is 5.68. The van der Waals surface area contributed by atoms with E-state index in [-0.39, 0.29) is 12.2 Å². The topological polar surface area (TPSA) is 83.9 Å². The zero-order valence-corrected chi connectivity index (χ0v) is 14.5. The van der Waals surface area contributed by atoms with Gasteiger partial charge in [-0.15, -0.1) is 0 Å². The number of halogens is 2. The highest BCUT2D eigenvalue weighted by Crippen LogP contribution is 2.14. The zero-order chi connectivity index (χ0) is 19.2. The van der Waals surface area contributed by atoms with E-state index in [9.17, 15) is 13.6 Å². The predicted molar refractivity (Wildman–Crippen MR) is 98.0 cm³/mol. The summed E-state index contributed by atoms with van der Waals surface area (Å²) in [5.41, 5.74) is -0.0929. The van der Waals surface area contributed by atoms with Crippen molar-refractivity contribution >= 4 is 17.5 Å². The number of benzene rings is 1. The highest BCUT2D eigenvalue weighted by molar-refractivity contribution is 5.89. The average molecular weight is 372 g/mol. The van der Waals surface area contributed by atoms with E-state index in [0.29, 0.717) is 24.3 Å². The second kappa shape index (κ2) is 8.26. The molecule has 0 aliphatic rings. The summed E-state index contributed by atoms with van der Waals surface area (Å²) in [5, 5.41) is 8.00. The van der Waals surface area contributed by atoms with Crippen LogP contribution in [0.5, 0.6) is 0 Å². The molecule has 0 unspecified atom stereocenters. The van der Waals surface area contributed by atoms with Crippen molar-refractivity contribution in [3.8, 4) is 5.82 Å². The summed E-state index contributed by atoms with van der Waals surface area (Å²) < 4.78 is 28.2. The molecule has 0 bridgehead atoms. The van der Waals surface area contributed by atoms with Gasteiger partial charge in [0.2, 0.25) is 0 Å². The fourth-order valence-electron chi connectivity index (χ4n) is 2.39. The molecule has 1 aromatic carbocycles. The molecule has 0 radical (unpaired) electrons. The van der Waals surface area contributed by atoms with Gasteiger partial charge in [-0.2, -0.15) is 0 Å². The first-order valence-electron chi connectivity index (χ1n) is 8.24. The summed E-state index contributed by atoms with van der Waals surface area (Å²) in [4.78, 5) is 20.4. The molecule has 3 rings (SSSR count). The maximum atomic E-state index is 13.5. The number of nitrogens with one attached hydrogen (secondary N) is 3. The van der Waals surface area contributed by atoms with Gasteiger partial charge in [-0.05, 0) is 31.2 Å². The van der Waals surface area contributed by atoms with Crippen LogP contribution in [-0.4, -0.2) is 33.7 Å². The standard InChI is InChI=1S/C18H18F2N6O/c1-12-23-16(11-17(24-12)26-8-2-3-9-26)21-6-7-22-18(27)25-15-5-4-13(19)10-14(15)20/h2-5,8-11H,6-7H2,1H3,(H,21,23,24)(H2,22,25,27). The number of carbonyl (C=O) groups is 1. The first kappa shape index (κ1) is 18.3. The van der Waals surface area contributed by atoms with Crippen molar-refractivity contribution in [1.82, 2.24) is 19.9 Å². The highest BCUT2D eigenvalue weighted by atomic mass is 19.1. The quantitative estimate of drug-likeness (QED) is 0.581. The van der Waals surface area contributed by atoms with E-state index >= 15 is 0 Å². The Balaban J connectivity index is 1.49. The number of aromatic nitrogens is 3. The lowest BCUT2D eigenvalue weighted by molar-refractivity contribution is 0.252. The third-order valence-corrected chi connectivity index (χ3v) is 3.59. The Labute approximate surface area is 154 Å². The van der Waals surface area contributed by atoms with Crippen molar-refractivity contribution in [3.05, 3.63) is 66.3 Å². The third-order valence-electron chi connectivity index (χ3n) is 3.59. The summed E-state index contributed by atoms with van der Waals surface area (Å²) in [6.45, 7) is 2.47. The van der Waals surface area contributed by atoms with Gasteiger partial charge >= 0.3 is 6.03 Å². The fraction of sp³-hybridized carbons (Fsp3) is 0.167. The summed E-state index contributed by atoms with van der Waals surface area (Å²) >= 11 is 0. The van der Waals surface area contributed by atoms with Crippen LogP contribution in [-0.2, 0) is 0 Å². The van der Waals surface area contributed by atoms with E-state index in [2.05, 4.69) is 25.9 Å². The van der Waals surface area contributed by atoms with Crippen LogP contribution in [0.4, 0.5) is 25.1 Å². The molecular formula is C18H18F2N6O. The van der Waals surface area contributed by atoms with Crippen LogP contribution in [0.1, 0.15) is 5.82 Å². The van der Waals surface area contributed by atoms with Crippen LogP contribution >= 0.6 is 0 Å². The minimum atomic E-state index is -0.836. The lowest BCUT2D eigenvalue weighted by atomic mass is 10.3. The Morgan fingerprint density at radius 3 is 2.63 bits per heavy atom. The number of hydrogen-bond donors (Lipinski definition) is 3. The van der Waals surface area contributed by atoms with Crippen LogP contribution in [0.15, 0.2) is 48.8 Å². The van der Waals surface area contributed by atoms with Crippen LogP contribution in [0.25, 0.3) is 5.82 Å². The van der Waals surface area contributed by atoms with E-state index in [4.69, 9.17) is 0 Å².